The first kappa shape index (κ1) is 10.3. The van der Waals surface area contributed by atoms with Gasteiger partial charge < -0.3 is 5.21 Å². The Morgan fingerprint density at radius 2 is 2.18 bits per heavy atom. The number of nitrogens with one attached hydrogen (secondary N) is 1. The van der Waals surface area contributed by atoms with Crippen molar-refractivity contribution >= 4 is 17.6 Å². The van der Waals surface area contributed by atoms with Gasteiger partial charge in [0.05, 0.1) is 4.88 Å². The average molecular weight is 173 g/mol. The van der Waals surface area contributed by atoms with Gasteiger partial charge in [-0.05, 0) is 19.1 Å². The van der Waals surface area contributed by atoms with E-state index in [1.807, 2.05) is 19.1 Å². The van der Waals surface area contributed by atoms with Gasteiger partial charge in [0.2, 0.25) is 0 Å². The molecule has 62 valence electrons. The Labute approximate surface area is 69.6 Å². The van der Waals surface area contributed by atoms with E-state index in [0.717, 1.165) is 11.2 Å². The van der Waals surface area contributed by atoms with Crippen LogP contribution in [0.1, 0.15) is 14.5 Å². The normalized spacial score (nSPS) is 8.27. The third-order valence-electron chi connectivity index (χ3n) is 0.877. The Morgan fingerprint density at radius 3 is 2.36 bits per heavy atom. The van der Waals surface area contributed by atoms with Crippen molar-refractivity contribution in [2.45, 2.75) is 6.92 Å². The first-order valence-electron chi connectivity index (χ1n) is 3.07. The fourth-order valence-electron chi connectivity index (χ4n) is 0.517. The maximum absolute atomic E-state index is 10.0. The van der Waals surface area contributed by atoms with Crippen LogP contribution in [0.4, 0.5) is 0 Å². The van der Waals surface area contributed by atoms with Crippen molar-refractivity contribution in [3.8, 4) is 0 Å². The maximum atomic E-state index is 10.0. The van der Waals surface area contributed by atoms with Gasteiger partial charge in [-0.15, -0.1) is 11.3 Å². The molecule has 4 heteroatoms. The van der Waals surface area contributed by atoms with Crippen LogP contribution in [-0.2, 0) is 0 Å². The third-order valence-corrected chi connectivity index (χ3v) is 1.80. The lowest BCUT2D eigenvalue weighted by molar-refractivity contribution is 0.112. The number of rotatable bonds is 1. The highest BCUT2D eigenvalue weighted by molar-refractivity contribution is 7.13. The van der Waals surface area contributed by atoms with Crippen molar-refractivity contribution in [1.29, 1.82) is 0 Å². The number of carbonyl (C=O) groups is 1. The average Bonchev–Trinajstić information content (AvgIpc) is 2.37. The molecule has 0 aliphatic heterocycles. The topological polar surface area (TPSA) is 49.3 Å². The molecule has 0 aromatic carbocycles. The molecule has 0 atom stereocenters. The lowest BCUT2D eigenvalue weighted by atomic mass is 10.5. The minimum absolute atomic E-state index is 0.808. The zero-order valence-electron chi connectivity index (χ0n) is 6.50. The van der Waals surface area contributed by atoms with E-state index < -0.39 is 0 Å². The molecular weight excluding hydrogens is 162 g/mol. The summed E-state index contributed by atoms with van der Waals surface area (Å²) in [6.45, 7) is 1.98. The molecule has 0 bridgehead atoms. The molecule has 1 rings (SSSR count). The highest BCUT2D eigenvalue weighted by atomic mass is 32.1. The standard InChI is InChI=1S/C6H6OS.CH5NO/c1-5-2-3-6(4-7)8-5;1-2-3/h2-4H,1H3;2-3H,1H3. The number of hydrogen-bond acceptors (Lipinski definition) is 4. The van der Waals surface area contributed by atoms with E-state index in [4.69, 9.17) is 5.21 Å². The van der Waals surface area contributed by atoms with Gasteiger partial charge in [0.1, 0.15) is 0 Å². The number of hydroxylamine groups is 1. The van der Waals surface area contributed by atoms with Crippen LogP contribution in [0.25, 0.3) is 0 Å². The quantitative estimate of drug-likeness (QED) is 0.499. The second-order valence-electron chi connectivity index (χ2n) is 1.79. The van der Waals surface area contributed by atoms with Crippen LogP contribution in [0.5, 0.6) is 0 Å². The van der Waals surface area contributed by atoms with E-state index in [9.17, 15) is 4.79 Å². The Kier molecular flexibility index (Phi) is 5.64. The molecule has 0 saturated heterocycles. The number of hydrogen-bond donors (Lipinski definition) is 2. The van der Waals surface area contributed by atoms with Gasteiger partial charge >= 0.3 is 0 Å². The van der Waals surface area contributed by atoms with E-state index in [1.165, 1.54) is 23.3 Å². The molecule has 0 aliphatic carbocycles. The zero-order chi connectivity index (χ0) is 8.69. The van der Waals surface area contributed by atoms with Crippen LogP contribution in [0.2, 0.25) is 0 Å². The molecule has 0 radical (unpaired) electrons. The first-order valence-corrected chi connectivity index (χ1v) is 3.88. The number of aldehydes is 1. The van der Waals surface area contributed by atoms with E-state index in [0.29, 0.717) is 0 Å². The highest BCUT2D eigenvalue weighted by Gasteiger charge is 1.90. The fourth-order valence-corrected chi connectivity index (χ4v) is 1.21. The third kappa shape index (κ3) is 4.66. The molecule has 0 spiro atoms. The lowest BCUT2D eigenvalue weighted by Gasteiger charge is -1.71. The molecule has 1 aromatic heterocycles. The molecule has 3 nitrogen and oxygen atoms in total. The van der Waals surface area contributed by atoms with Gasteiger partial charge in [-0.3, -0.25) is 4.79 Å². The van der Waals surface area contributed by atoms with Crippen LogP contribution >= 0.6 is 11.3 Å². The second-order valence-corrected chi connectivity index (χ2v) is 3.11. The maximum Gasteiger partial charge on any atom is 0.160 e. The molecule has 2 N–H and O–H groups in total. The number of aryl methyl sites for hydroxylation is 1. The Balaban J connectivity index is 0.000000292. The lowest BCUT2D eigenvalue weighted by Crippen LogP contribution is -1.91. The minimum Gasteiger partial charge on any atom is -0.317 e. The Bertz CT molecular complexity index is 210. The molecule has 1 aromatic rings. The van der Waals surface area contributed by atoms with Crippen molar-refractivity contribution in [3.63, 3.8) is 0 Å². The zero-order valence-corrected chi connectivity index (χ0v) is 7.31. The van der Waals surface area contributed by atoms with Crippen molar-refractivity contribution in [1.82, 2.24) is 5.48 Å². The molecule has 0 aliphatic rings. The van der Waals surface area contributed by atoms with E-state index in [2.05, 4.69) is 0 Å². The van der Waals surface area contributed by atoms with Crippen molar-refractivity contribution in [2.75, 3.05) is 7.05 Å². The molecular formula is C7H11NO2S. The molecule has 0 saturated carbocycles. The molecule has 1 heterocycles. The number of carbonyl (C=O) groups excluding carboxylic acids is 1. The Hall–Kier alpha value is -0.710. The Morgan fingerprint density at radius 1 is 1.64 bits per heavy atom. The van der Waals surface area contributed by atoms with Crippen LogP contribution in [-0.4, -0.2) is 18.5 Å². The summed E-state index contributed by atoms with van der Waals surface area (Å²) >= 11 is 1.52. The first-order chi connectivity index (χ1) is 5.24. The molecule has 0 unspecified atom stereocenters. The summed E-state index contributed by atoms with van der Waals surface area (Å²) < 4.78 is 0. The second kappa shape index (κ2) is 6.03. The van der Waals surface area contributed by atoms with Crippen LogP contribution < -0.4 is 5.48 Å². The summed E-state index contributed by atoms with van der Waals surface area (Å²) in [5.74, 6) is 0. The van der Waals surface area contributed by atoms with Gasteiger partial charge in [-0.25, -0.2) is 5.48 Å². The van der Waals surface area contributed by atoms with Gasteiger partial charge in [-0.2, -0.15) is 0 Å². The predicted molar refractivity (Wildman–Crippen MR) is 45.3 cm³/mol. The van der Waals surface area contributed by atoms with Crippen LogP contribution in [0.15, 0.2) is 12.1 Å². The SMILES string of the molecule is CNO.Cc1ccc(C=O)s1. The molecule has 11 heavy (non-hydrogen) atoms. The van der Waals surface area contributed by atoms with Crippen molar-refractivity contribution < 1.29 is 10.0 Å². The summed E-state index contributed by atoms with van der Waals surface area (Å²) in [7, 11) is 1.43. The van der Waals surface area contributed by atoms with Gasteiger partial charge in [0.15, 0.2) is 6.29 Å². The fraction of sp³-hybridized carbons (Fsp3) is 0.286. The minimum atomic E-state index is 0.808. The van der Waals surface area contributed by atoms with Crippen LogP contribution in [0, 0.1) is 6.92 Å². The highest BCUT2D eigenvalue weighted by Crippen LogP contribution is 2.11. The summed E-state index contributed by atoms with van der Waals surface area (Å²) in [6, 6.07) is 3.77. The van der Waals surface area contributed by atoms with E-state index in [-0.39, 0.29) is 0 Å². The molecule has 0 amide bonds. The van der Waals surface area contributed by atoms with E-state index >= 15 is 0 Å². The van der Waals surface area contributed by atoms with Gasteiger partial charge in [-0.1, -0.05) is 0 Å². The smallest absolute Gasteiger partial charge is 0.160 e. The molecule has 0 fully saturated rings. The van der Waals surface area contributed by atoms with E-state index in [1.54, 1.807) is 5.48 Å². The summed E-state index contributed by atoms with van der Waals surface area (Å²) in [6.07, 6.45) is 0.873. The summed E-state index contributed by atoms with van der Waals surface area (Å²) in [5, 5.41) is 7.32. The van der Waals surface area contributed by atoms with Crippen molar-refractivity contribution in [3.05, 3.63) is 21.9 Å². The summed E-state index contributed by atoms with van der Waals surface area (Å²) in [4.78, 5) is 12.0. The van der Waals surface area contributed by atoms with Crippen LogP contribution in [0.3, 0.4) is 0 Å². The van der Waals surface area contributed by atoms with Crippen molar-refractivity contribution in [2.24, 2.45) is 0 Å². The predicted octanol–water partition coefficient (Wildman–Crippen LogP) is 1.46. The largest absolute Gasteiger partial charge is 0.317 e. The monoisotopic (exact) mass is 173 g/mol. The summed E-state index contributed by atoms with van der Waals surface area (Å²) in [5.41, 5.74) is 1.75. The van der Waals surface area contributed by atoms with Gasteiger partial charge in [0, 0.05) is 11.9 Å². The number of thiophene rings is 1. The van der Waals surface area contributed by atoms with Gasteiger partial charge in [0.25, 0.3) is 0 Å².